The van der Waals surface area contributed by atoms with E-state index in [9.17, 15) is 14.7 Å². The van der Waals surface area contributed by atoms with Gasteiger partial charge in [-0.3, -0.25) is 9.59 Å². The van der Waals surface area contributed by atoms with Crippen molar-refractivity contribution in [2.75, 3.05) is 19.7 Å². The van der Waals surface area contributed by atoms with E-state index >= 15 is 0 Å². The fourth-order valence-corrected chi connectivity index (χ4v) is 4.10. The number of amides is 2. The van der Waals surface area contributed by atoms with Crippen molar-refractivity contribution in [2.45, 2.75) is 50.5 Å². The van der Waals surface area contributed by atoms with Gasteiger partial charge in [-0.05, 0) is 67.2 Å². The van der Waals surface area contributed by atoms with Gasteiger partial charge in [0.15, 0.2) is 6.10 Å². The monoisotopic (exact) mass is 372 g/mol. The summed E-state index contributed by atoms with van der Waals surface area (Å²) in [4.78, 5) is 25.5. The average molecular weight is 372 g/mol. The van der Waals surface area contributed by atoms with Crippen LogP contribution in [0.5, 0.6) is 0 Å². The molecule has 1 aromatic rings. The van der Waals surface area contributed by atoms with E-state index in [1.807, 2.05) is 12.1 Å². The van der Waals surface area contributed by atoms with E-state index in [2.05, 4.69) is 12.1 Å². The number of piperidine rings is 1. The summed E-state index contributed by atoms with van der Waals surface area (Å²) in [7, 11) is 0. The highest BCUT2D eigenvalue weighted by Crippen LogP contribution is 2.34. The Bertz CT molecular complexity index is 736. The first-order valence-electron chi connectivity index (χ1n) is 9.72. The van der Waals surface area contributed by atoms with Crippen LogP contribution in [0.4, 0.5) is 0 Å². The summed E-state index contributed by atoms with van der Waals surface area (Å²) in [5.41, 5.74) is 9.48. The zero-order valence-corrected chi connectivity index (χ0v) is 15.6. The van der Waals surface area contributed by atoms with Gasteiger partial charge in [0.1, 0.15) is 0 Å². The van der Waals surface area contributed by atoms with Crippen molar-refractivity contribution in [3.05, 3.63) is 41.0 Å². The second-order valence-corrected chi connectivity index (χ2v) is 7.44. The summed E-state index contributed by atoms with van der Waals surface area (Å²) in [6.07, 6.45) is 6.77. The molecule has 146 valence electrons. The Balaban J connectivity index is 1.77. The Morgan fingerprint density at radius 2 is 1.96 bits per heavy atom. The third-order valence-corrected chi connectivity index (χ3v) is 5.68. The smallest absolute Gasteiger partial charge is 0.253 e. The second kappa shape index (κ2) is 8.67. The van der Waals surface area contributed by atoms with Crippen LogP contribution in [0.15, 0.2) is 24.3 Å². The van der Waals surface area contributed by atoms with Crippen molar-refractivity contribution in [3.8, 4) is 0 Å². The molecule has 1 saturated heterocycles. The number of rotatable bonds is 5. The zero-order chi connectivity index (χ0) is 19.4. The highest BCUT2D eigenvalue weighted by atomic mass is 16.3. The maximum absolute atomic E-state index is 12.0. The van der Waals surface area contributed by atoms with Gasteiger partial charge in [0, 0.05) is 18.7 Å². The number of hydrogen-bond donors (Lipinski definition) is 3. The van der Waals surface area contributed by atoms with E-state index in [1.165, 1.54) is 12.0 Å². The molecule has 1 aromatic carbocycles. The number of carbonyl (C=O) groups excluding carboxylic acids is 2. The number of nitrogens with zero attached hydrogens (tertiary/aromatic N) is 1. The summed E-state index contributed by atoms with van der Waals surface area (Å²) in [6, 6.07) is 5.90. The van der Waals surface area contributed by atoms with Gasteiger partial charge >= 0.3 is 0 Å². The van der Waals surface area contributed by atoms with Gasteiger partial charge in [-0.1, -0.05) is 18.2 Å². The van der Waals surface area contributed by atoms with Crippen LogP contribution in [0.1, 0.15) is 65.9 Å². The fraction of sp³-hybridized carbons (Fsp3) is 0.524. The van der Waals surface area contributed by atoms with Crippen molar-refractivity contribution < 1.29 is 19.8 Å². The quantitative estimate of drug-likeness (QED) is 0.733. The maximum Gasteiger partial charge on any atom is 0.253 e. The van der Waals surface area contributed by atoms with Crippen LogP contribution in [0, 0.1) is 0 Å². The van der Waals surface area contributed by atoms with Gasteiger partial charge in [0.2, 0.25) is 5.91 Å². The number of nitrogens with two attached hydrogens (primary N) is 1. The van der Waals surface area contributed by atoms with Gasteiger partial charge in [-0.25, -0.2) is 0 Å². The van der Waals surface area contributed by atoms with Crippen LogP contribution in [0.2, 0.25) is 0 Å². The third kappa shape index (κ3) is 4.39. The minimum Gasteiger partial charge on any atom is -0.393 e. The van der Waals surface area contributed by atoms with Gasteiger partial charge in [-0.15, -0.1) is 0 Å². The molecule has 4 N–H and O–H groups in total. The van der Waals surface area contributed by atoms with Crippen LogP contribution in [0.3, 0.4) is 0 Å². The van der Waals surface area contributed by atoms with E-state index in [1.54, 1.807) is 4.90 Å². The number of benzene rings is 1. The number of aliphatic hydroxyl groups is 2. The SMILES string of the molecule is NC(=O)c1ccc(C2CCN(C(=O)C(O)CO)CC2)cc1C1=CCCCC1. The Morgan fingerprint density at radius 1 is 1.22 bits per heavy atom. The molecular formula is C21H28N2O4. The number of hydrogen-bond acceptors (Lipinski definition) is 4. The number of primary amides is 1. The topological polar surface area (TPSA) is 104 Å². The molecule has 2 aliphatic rings. The van der Waals surface area contributed by atoms with Crippen LogP contribution in [-0.4, -0.2) is 52.7 Å². The van der Waals surface area contributed by atoms with Crippen LogP contribution in [0.25, 0.3) is 5.57 Å². The van der Waals surface area contributed by atoms with Crippen molar-refractivity contribution >= 4 is 17.4 Å². The number of allylic oxidation sites excluding steroid dienone is 2. The van der Waals surface area contributed by atoms with E-state index in [4.69, 9.17) is 10.8 Å². The summed E-state index contributed by atoms with van der Waals surface area (Å²) in [5, 5.41) is 18.5. The highest BCUT2D eigenvalue weighted by molar-refractivity contribution is 5.98. The van der Waals surface area contributed by atoms with Crippen LogP contribution < -0.4 is 5.73 Å². The zero-order valence-electron chi connectivity index (χ0n) is 15.6. The molecule has 0 bridgehead atoms. The first-order valence-corrected chi connectivity index (χ1v) is 9.72. The lowest BCUT2D eigenvalue weighted by Gasteiger charge is -2.33. The Morgan fingerprint density at radius 3 is 2.56 bits per heavy atom. The molecule has 1 aliphatic carbocycles. The van der Waals surface area contributed by atoms with E-state index in [0.717, 1.165) is 43.2 Å². The first-order chi connectivity index (χ1) is 13.0. The lowest BCUT2D eigenvalue weighted by atomic mass is 9.84. The predicted molar refractivity (Wildman–Crippen MR) is 103 cm³/mol. The van der Waals surface area contributed by atoms with E-state index in [0.29, 0.717) is 24.6 Å². The third-order valence-electron chi connectivity index (χ3n) is 5.68. The predicted octanol–water partition coefficient (Wildman–Crippen LogP) is 1.80. The lowest BCUT2D eigenvalue weighted by molar-refractivity contribution is -0.143. The molecule has 0 aromatic heterocycles. The molecule has 0 radical (unpaired) electrons. The summed E-state index contributed by atoms with van der Waals surface area (Å²) >= 11 is 0. The van der Waals surface area contributed by atoms with Gasteiger partial charge < -0.3 is 20.8 Å². The molecule has 3 rings (SSSR count). The Kier molecular flexibility index (Phi) is 6.29. The molecule has 1 heterocycles. The number of aliphatic hydroxyl groups excluding tert-OH is 2. The fourth-order valence-electron chi connectivity index (χ4n) is 4.10. The highest BCUT2D eigenvalue weighted by Gasteiger charge is 2.28. The van der Waals surface area contributed by atoms with Gasteiger partial charge in [0.05, 0.1) is 6.61 Å². The second-order valence-electron chi connectivity index (χ2n) is 7.44. The molecule has 0 spiro atoms. The molecule has 1 aliphatic heterocycles. The molecule has 6 nitrogen and oxygen atoms in total. The van der Waals surface area contributed by atoms with Crippen LogP contribution in [-0.2, 0) is 4.79 Å². The largest absolute Gasteiger partial charge is 0.393 e. The van der Waals surface area contributed by atoms with E-state index < -0.39 is 24.5 Å². The molecule has 2 amide bonds. The van der Waals surface area contributed by atoms with Crippen molar-refractivity contribution in [1.29, 1.82) is 0 Å². The Hall–Kier alpha value is -2.18. The number of likely N-dealkylation sites (tertiary alicyclic amines) is 1. The molecule has 1 unspecified atom stereocenters. The average Bonchev–Trinajstić information content (AvgIpc) is 2.72. The maximum atomic E-state index is 12.0. The molecule has 6 heteroatoms. The minimum absolute atomic E-state index is 0.296. The normalized spacial score (nSPS) is 19.5. The first kappa shape index (κ1) is 19.6. The minimum atomic E-state index is -1.33. The van der Waals surface area contributed by atoms with Crippen LogP contribution >= 0.6 is 0 Å². The van der Waals surface area contributed by atoms with Gasteiger partial charge in [-0.2, -0.15) is 0 Å². The van der Waals surface area contributed by atoms with Crippen molar-refractivity contribution in [2.24, 2.45) is 5.73 Å². The number of carbonyl (C=O) groups is 2. The standard InChI is InChI=1S/C21H28N2O4/c22-20(26)17-7-6-16(12-18(17)15-4-2-1-3-5-15)14-8-10-23(11-9-14)21(27)19(25)13-24/h4,6-7,12,14,19,24-25H,1-3,5,8-11,13H2,(H2,22,26). The van der Waals surface area contributed by atoms with Crippen molar-refractivity contribution in [3.63, 3.8) is 0 Å². The molecular weight excluding hydrogens is 344 g/mol. The Labute approximate surface area is 159 Å². The van der Waals surface area contributed by atoms with Crippen molar-refractivity contribution in [1.82, 2.24) is 4.90 Å². The molecule has 0 saturated carbocycles. The molecule has 1 fully saturated rings. The molecule has 1 atom stereocenters. The van der Waals surface area contributed by atoms with Gasteiger partial charge in [0.25, 0.3) is 5.91 Å². The summed E-state index contributed by atoms with van der Waals surface area (Å²) in [5.74, 6) is -0.514. The molecule has 27 heavy (non-hydrogen) atoms. The van der Waals surface area contributed by atoms with E-state index in [-0.39, 0.29) is 0 Å². The summed E-state index contributed by atoms with van der Waals surface area (Å²) in [6.45, 7) is 0.554. The summed E-state index contributed by atoms with van der Waals surface area (Å²) < 4.78 is 0. The lowest BCUT2D eigenvalue weighted by Crippen LogP contribution is -2.44.